The van der Waals surface area contributed by atoms with Gasteiger partial charge in [0.05, 0.1) is 5.56 Å². The largest absolute Gasteiger partial charge is 0.369 e. The number of nitrogens with one attached hydrogen (secondary N) is 1. The van der Waals surface area contributed by atoms with Crippen molar-refractivity contribution in [2.24, 2.45) is 0 Å². The number of carbonyl (C=O) groups is 1. The van der Waals surface area contributed by atoms with Crippen LogP contribution in [-0.4, -0.2) is 50.1 Å². The summed E-state index contributed by atoms with van der Waals surface area (Å²) in [5.41, 5.74) is 1.13. The van der Waals surface area contributed by atoms with Crippen LogP contribution in [0.15, 0.2) is 48.5 Å². The number of piperazine rings is 1. The smallest absolute Gasteiger partial charge is 0.254 e. The number of carbonyl (C=O) groups excluding carboxylic acids is 1. The van der Waals surface area contributed by atoms with Crippen molar-refractivity contribution in [3.05, 3.63) is 65.7 Å². The first-order valence-corrected chi connectivity index (χ1v) is 8.89. The van der Waals surface area contributed by atoms with Gasteiger partial charge in [0.25, 0.3) is 5.91 Å². The Hall–Kier alpha value is -2.47. The van der Waals surface area contributed by atoms with Crippen molar-refractivity contribution in [1.29, 1.82) is 0 Å². The van der Waals surface area contributed by atoms with Crippen molar-refractivity contribution < 1.29 is 13.6 Å². The Balaban J connectivity index is 1.36. The Morgan fingerprint density at radius 2 is 1.65 bits per heavy atom. The molecule has 6 heteroatoms. The van der Waals surface area contributed by atoms with Crippen molar-refractivity contribution in [3.8, 4) is 0 Å². The van der Waals surface area contributed by atoms with Crippen LogP contribution in [0.5, 0.6) is 0 Å². The Morgan fingerprint density at radius 3 is 2.35 bits per heavy atom. The number of hydrogen-bond acceptors (Lipinski definition) is 3. The van der Waals surface area contributed by atoms with E-state index < -0.39 is 5.82 Å². The summed E-state index contributed by atoms with van der Waals surface area (Å²) in [6.45, 7) is 5.05. The molecule has 3 rings (SSSR count). The second-order valence-corrected chi connectivity index (χ2v) is 6.39. The first kappa shape index (κ1) is 18.3. The quantitative estimate of drug-likeness (QED) is 0.806. The molecule has 0 radical (unpaired) electrons. The molecule has 1 N–H and O–H groups in total. The van der Waals surface area contributed by atoms with Gasteiger partial charge in [-0.15, -0.1) is 0 Å². The topological polar surface area (TPSA) is 35.6 Å². The second-order valence-electron chi connectivity index (χ2n) is 6.39. The van der Waals surface area contributed by atoms with Crippen LogP contribution in [0.2, 0.25) is 0 Å². The molecule has 2 aromatic rings. The van der Waals surface area contributed by atoms with Crippen molar-refractivity contribution in [2.75, 3.05) is 44.2 Å². The maximum absolute atomic E-state index is 13.5. The summed E-state index contributed by atoms with van der Waals surface area (Å²) in [7, 11) is 0. The molecule has 1 aliphatic rings. The van der Waals surface area contributed by atoms with Gasteiger partial charge >= 0.3 is 0 Å². The normalized spacial score (nSPS) is 15.1. The van der Waals surface area contributed by atoms with Crippen LogP contribution < -0.4 is 10.2 Å². The third kappa shape index (κ3) is 4.79. The van der Waals surface area contributed by atoms with E-state index >= 15 is 0 Å². The lowest BCUT2D eigenvalue weighted by Crippen LogP contribution is -2.47. The average molecular weight is 359 g/mol. The van der Waals surface area contributed by atoms with Gasteiger partial charge in [0, 0.05) is 38.4 Å². The van der Waals surface area contributed by atoms with Crippen LogP contribution in [-0.2, 0) is 0 Å². The first-order chi connectivity index (χ1) is 12.6. The molecule has 1 fully saturated rings. The summed E-state index contributed by atoms with van der Waals surface area (Å²) < 4.78 is 26.5. The lowest BCUT2D eigenvalue weighted by molar-refractivity contribution is 0.0947. The molecule has 0 atom stereocenters. The highest BCUT2D eigenvalue weighted by atomic mass is 19.1. The van der Waals surface area contributed by atoms with Crippen LogP contribution in [0.25, 0.3) is 0 Å². The van der Waals surface area contributed by atoms with E-state index in [1.54, 1.807) is 12.1 Å². The Labute approximate surface area is 152 Å². The van der Waals surface area contributed by atoms with Gasteiger partial charge in [-0.2, -0.15) is 0 Å². The number of nitrogens with zero attached hydrogens (tertiary/aromatic N) is 2. The third-order valence-corrected chi connectivity index (χ3v) is 4.62. The summed E-state index contributed by atoms with van der Waals surface area (Å²) in [5, 5.41) is 2.77. The fraction of sp³-hybridized carbons (Fsp3) is 0.350. The van der Waals surface area contributed by atoms with E-state index in [1.165, 1.54) is 24.3 Å². The minimum atomic E-state index is -0.498. The number of hydrogen-bond donors (Lipinski definition) is 1. The highest BCUT2D eigenvalue weighted by molar-refractivity contribution is 5.94. The number of halogens is 2. The molecule has 1 aliphatic heterocycles. The molecule has 0 bridgehead atoms. The molecule has 0 spiro atoms. The lowest BCUT2D eigenvalue weighted by atomic mass is 10.2. The molecule has 26 heavy (non-hydrogen) atoms. The summed E-state index contributed by atoms with van der Waals surface area (Å²) in [6.07, 6.45) is 0.816. The predicted octanol–water partition coefficient (Wildman–Crippen LogP) is 2.91. The third-order valence-electron chi connectivity index (χ3n) is 4.62. The van der Waals surface area contributed by atoms with Crippen LogP contribution in [0.4, 0.5) is 14.5 Å². The fourth-order valence-corrected chi connectivity index (χ4v) is 3.13. The molecule has 0 aromatic heterocycles. The molecular weight excluding hydrogens is 336 g/mol. The molecule has 138 valence electrons. The SMILES string of the molecule is O=C(NCCCN1CCN(c2ccc(F)cc2)CC1)c1ccccc1F. The van der Waals surface area contributed by atoms with Gasteiger partial charge in [0.15, 0.2) is 0 Å². The molecule has 0 aliphatic carbocycles. The number of benzene rings is 2. The van der Waals surface area contributed by atoms with Gasteiger partial charge in [0.2, 0.25) is 0 Å². The summed E-state index contributed by atoms with van der Waals surface area (Å²) in [4.78, 5) is 16.5. The van der Waals surface area contributed by atoms with Crippen molar-refractivity contribution >= 4 is 11.6 Å². The zero-order valence-electron chi connectivity index (χ0n) is 14.6. The predicted molar refractivity (Wildman–Crippen MR) is 98.4 cm³/mol. The van der Waals surface area contributed by atoms with Crippen molar-refractivity contribution in [2.45, 2.75) is 6.42 Å². The van der Waals surface area contributed by atoms with Crippen LogP contribution in [0.1, 0.15) is 16.8 Å². The fourth-order valence-electron chi connectivity index (χ4n) is 3.13. The van der Waals surface area contributed by atoms with Gasteiger partial charge in [0.1, 0.15) is 11.6 Å². The van der Waals surface area contributed by atoms with Gasteiger partial charge < -0.3 is 10.2 Å². The molecule has 1 saturated heterocycles. The number of rotatable bonds is 6. The lowest BCUT2D eigenvalue weighted by Gasteiger charge is -2.36. The molecule has 2 aromatic carbocycles. The van der Waals surface area contributed by atoms with E-state index in [0.29, 0.717) is 6.54 Å². The van der Waals surface area contributed by atoms with E-state index in [4.69, 9.17) is 0 Å². The Morgan fingerprint density at radius 1 is 0.962 bits per heavy atom. The zero-order chi connectivity index (χ0) is 18.4. The van der Waals surface area contributed by atoms with Gasteiger partial charge in [-0.3, -0.25) is 9.69 Å². The highest BCUT2D eigenvalue weighted by Crippen LogP contribution is 2.16. The molecule has 1 heterocycles. The van der Waals surface area contributed by atoms with Crippen LogP contribution >= 0.6 is 0 Å². The Bertz CT molecular complexity index is 728. The summed E-state index contributed by atoms with van der Waals surface area (Å²) in [5.74, 6) is -1.09. The molecular formula is C20H23F2N3O. The minimum absolute atomic E-state index is 0.0837. The van der Waals surface area contributed by atoms with Crippen LogP contribution in [0.3, 0.4) is 0 Å². The standard InChI is InChI=1S/C20H23F2N3O/c21-16-6-8-17(9-7-16)25-14-12-24(13-15-25)11-3-10-23-20(26)18-4-1-2-5-19(18)22/h1-2,4-9H,3,10-15H2,(H,23,26). The van der Waals surface area contributed by atoms with E-state index in [2.05, 4.69) is 15.1 Å². The maximum atomic E-state index is 13.5. The molecule has 4 nitrogen and oxygen atoms in total. The van der Waals surface area contributed by atoms with Crippen molar-refractivity contribution in [1.82, 2.24) is 10.2 Å². The Kier molecular flexibility index (Phi) is 6.17. The average Bonchev–Trinajstić information content (AvgIpc) is 2.66. The summed E-state index contributed by atoms with van der Waals surface area (Å²) >= 11 is 0. The maximum Gasteiger partial charge on any atom is 0.254 e. The highest BCUT2D eigenvalue weighted by Gasteiger charge is 2.17. The number of amides is 1. The van der Waals surface area contributed by atoms with E-state index in [-0.39, 0.29) is 17.3 Å². The van der Waals surface area contributed by atoms with Gasteiger partial charge in [-0.1, -0.05) is 12.1 Å². The second kappa shape index (κ2) is 8.76. The molecule has 0 saturated carbocycles. The van der Waals surface area contributed by atoms with Gasteiger partial charge in [-0.05, 0) is 49.4 Å². The minimum Gasteiger partial charge on any atom is -0.369 e. The van der Waals surface area contributed by atoms with Crippen LogP contribution in [0, 0.1) is 11.6 Å². The first-order valence-electron chi connectivity index (χ1n) is 8.89. The summed E-state index contributed by atoms with van der Waals surface area (Å²) in [6, 6.07) is 12.6. The number of anilines is 1. The monoisotopic (exact) mass is 359 g/mol. The van der Waals surface area contributed by atoms with E-state index in [0.717, 1.165) is 44.8 Å². The van der Waals surface area contributed by atoms with E-state index in [1.807, 2.05) is 12.1 Å². The molecule has 0 unspecified atom stereocenters. The van der Waals surface area contributed by atoms with Crippen molar-refractivity contribution in [3.63, 3.8) is 0 Å². The molecule has 1 amide bonds. The zero-order valence-corrected chi connectivity index (χ0v) is 14.6. The van der Waals surface area contributed by atoms with Gasteiger partial charge in [-0.25, -0.2) is 8.78 Å². The van der Waals surface area contributed by atoms with E-state index in [9.17, 15) is 13.6 Å².